The van der Waals surface area contributed by atoms with Crippen LogP contribution in [0.3, 0.4) is 0 Å². The third kappa shape index (κ3) is 4.06. The van der Waals surface area contributed by atoms with Crippen molar-refractivity contribution in [1.29, 1.82) is 0 Å². The molecule has 2 unspecified atom stereocenters. The summed E-state index contributed by atoms with van der Waals surface area (Å²) in [5.41, 5.74) is 2.15. The van der Waals surface area contributed by atoms with E-state index >= 15 is 0 Å². The summed E-state index contributed by atoms with van der Waals surface area (Å²) in [5.74, 6) is 0.177. The second-order valence-electron chi connectivity index (χ2n) is 9.62. The van der Waals surface area contributed by atoms with E-state index in [-0.39, 0.29) is 11.7 Å². The van der Waals surface area contributed by atoms with Crippen LogP contribution in [0, 0.1) is 0 Å². The number of carbonyl (C=O) groups is 1. The minimum absolute atomic E-state index is 0.175. The van der Waals surface area contributed by atoms with Gasteiger partial charge in [-0.25, -0.2) is 14.8 Å². The van der Waals surface area contributed by atoms with Crippen LogP contribution >= 0.6 is 0 Å². The molecule has 3 fully saturated rings. The van der Waals surface area contributed by atoms with Gasteiger partial charge in [0.1, 0.15) is 17.2 Å². The van der Waals surface area contributed by atoms with E-state index in [4.69, 9.17) is 0 Å². The molecule has 3 aromatic rings. The van der Waals surface area contributed by atoms with Crippen LogP contribution in [0.15, 0.2) is 30.6 Å². The second-order valence-corrected chi connectivity index (χ2v) is 9.62. The van der Waals surface area contributed by atoms with E-state index in [2.05, 4.69) is 36.6 Å². The van der Waals surface area contributed by atoms with Gasteiger partial charge in [-0.05, 0) is 43.4 Å². The largest absolute Gasteiger partial charge is 0.477 e. The fourth-order valence-electron chi connectivity index (χ4n) is 5.75. The number of fused-ring (bicyclic) bond motifs is 3. The third-order valence-corrected chi connectivity index (χ3v) is 7.25. The number of carboxylic acids is 1. The summed E-state index contributed by atoms with van der Waals surface area (Å²) in [6.07, 6.45) is 10.4. The molecule has 3 aliphatic rings. The van der Waals surface area contributed by atoms with Crippen LogP contribution < -0.4 is 10.6 Å². The highest BCUT2D eigenvalue weighted by molar-refractivity contribution is 5.93. The first-order chi connectivity index (χ1) is 16.1. The second kappa shape index (κ2) is 8.39. The van der Waals surface area contributed by atoms with Crippen molar-refractivity contribution >= 4 is 28.8 Å². The number of likely N-dealkylation sites (tertiary alicyclic amines) is 1. The predicted octanol–water partition coefficient (Wildman–Crippen LogP) is 3.32. The number of nitrogens with one attached hydrogen (secondary N) is 2. The van der Waals surface area contributed by atoms with Gasteiger partial charge in [0.25, 0.3) is 0 Å². The molecule has 9 heteroatoms. The Kier molecular flexibility index (Phi) is 5.22. The molecule has 2 atom stereocenters. The van der Waals surface area contributed by atoms with Crippen molar-refractivity contribution in [1.82, 2.24) is 29.7 Å². The number of pyridine rings is 1. The van der Waals surface area contributed by atoms with Crippen molar-refractivity contribution < 1.29 is 9.90 Å². The zero-order chi connectivity index (χ0) is 22.4. The summed E-state index contributed by atoms with van der Waals surface area (Å²) in [5, 5.41) is 17.3. The molecule has 0 aromatic carbocycles. The SMILES string of the molecule is O=C(O)c1cc2cnc(Nc3ccc(CN4CC5CCC(C4)N5)cn3)nc2n1C1CCCC1. The highest BCUT2D eigenvalue weighted by Crippen LogP contribution is 2.34. The molecule has 0 radical (unpaired) electrons. The highest BCUT2D eigenvalue weighted by Gasteiger charge is 2.32. The highest BCUT2D eigenvalue weighted by atomic mass is 16.4. The predicted molar refractivity (Wildman–Crippen MR) is 125 cm³/mol. The van der Waals surface area contributed by atoms with Crippen molar-refractivity contribution in [3.63, 3.8) is 0 Å². The zero-order valence-electron chi connectivity index (χ0n) is 18.6. The van der Waals surface area contributed by atoms with Crippen LogP contribution in [0.2, 0.25) is 0 Å². The van der Waals surface area contributed by atoms with Gasteiger partial charge in [-0.15, -0.1) is 0 Å². The molecule has 9 nitrogen and oxygen atoms in total. The molecule has 2 bridgehead atoms. The molecular weight excluding hydrogens is 418 g/mol. The van der Waals surface area contributed by atoms with Crippen LogP contribution in [0.4, 0.5) is 11.8 Å². The molecule has 0 amide bonds. The Balaban J connectivity index is 1.20. The molecule has 172 valence electrons. The van der Waals surface area contributed by atoms with Gasteiger partial charge in [0.15, 0.2) is 0 Å². The first-order valence-electron chi connectivity index (χ1n) is 11.9. The van der Waals surface area contributed by atoms with E-state index in [0.717, 1.165) is 50.7 Å². The maximum Gasteiger partial charge on any atom is 0.352 e. The van der Waals surface area contributed by atoms with Gasteiger partial charge < -0.3 is 20.3 Å². The summed E-state index contributed by atoms with van der Waals surface area (Å²) in [7, 11) is 0. The molecule has 5 heterocycles. The van der Waals surface area contributed by atoms with Gasteiger partial charge in [-0.1, -0.05) is 18.9 Å². The lowest BCUT2D eigenvalue weighted by atomic mass is 10.2. The van der Waals surface area contributed by atoms with E-state index < -0.39 is 5.97 Å². The standard InChI is InChI=1S/C24H29N7O2/c32-23(33)20-9-16-11-26-24(29-22(16)31(20)19-3-1-2-4-19)28-21-8-5-15(10-25-21)12-30-13-17-6-7-18(14-30)27-17/h5,8-11,17-19,27H,1-4,6-7,12-14H2,(H,32,33)(H,25,26,28,29). The smallest absolute Gasteiger partial charge is 0.352 e. The third-order valence-electron chi connectivity index (χ3n) is 7.25. The monoisotopic (exact) mass is 447 g/mol. The number of carboxylic acid groups (broad SMARTS) is 1. The van der Waals surface area contributed by atoms with Crippen molar-refractivity contribution in [3.05, 3.63) is 41.9 Å². The summed E-state index contributed by atoms with van der Waals surface area (Å²) in [6.45, 7) is 3.12. The molecule has 1 saturated carbocycles. The summed E-state index contributed by atoms with van der Waals surface area (Å²) < 4.78 is 1.88. The minimum atomic E-state index is -0.927. The van der Waals surface area contributed by atoms with E-state index in [1.165, 1.54) is 18.4 Å². The van der Waals surface area contributed by atoms with Crippen LogP contribution in [-0.4, -0.2) is 60.7 Å². The first-order valence-corrected chi connectivity index (χ1v) is 11.9. The zero-order valence-corrected chi connectivity index (χ0v) is 18.6. The van der Waals surface area contributed by atoms with Crippen molar-refractivity contribution in [2.45, 2.75) is 63.2 Å². The molecular formula is C24H29N7O2. The Morgan fingerprint density at radius 2 is 1.88 bits per heavy atom. The van der Waals surface area contributed by atoms with Crippen molar-refractivity contribution in [2.75, 3.05) is 18.4 Å². The quantitative estimate of drug-likeness (QED) is 0.528. The number of anilines is 2. The van der Waals surface area contributed by atoms with Crippen LogP contribution in [-0.2, 0) is 6.54 Å². The van der Waals surface area contributed by atoms with Crippen molar-refractivity contribution in [3.8, 4) is 0 Å². The molecule has 3 aromatic heterocycles. The van der Waals surface area contributed by atoms with E-state index in [1.807, 2.05) is 16.8 Å². The van der Waals surface area contributed by atoms with Gasteiger partial charge in [-0.2, -0.15) is 4.98 Å². The number of nitrogens with zero attached hydrogens (tertiary/aromatic N) is 5. The van der Waals surface area contributed by atoms with Crippen LogP contribution in [0.1, 0.15) is 60.6 Å². The Morgan fingerprint density at radius 3 is 2.58 bits per heavy atom. The Bertz CT molecular complexity index is 1160. The molecule has 1 aliphatic carbocycles. The lowest BCUT2D eigenvalue weighted by molar-refractivity contribution is 0.0683. The maximum absolute atomic E-state index is 11.8. The lowest BCUT2D eigenvalue weighted by Gasteiger charge is -2.32. The van der Waals surface area contributed by atoms with Gasteiger partial charge in [0.05, 0.1) is 0 Å². The van der Waals surface area contributed by atoms with E-state index in [0.29, 0.717) is 29.5 Å². The molecule has 33 heavy (non-hydrogen) atoms. The summed E-state index contributed by atoms with van der Waals surface area (Å²) in [4.78, 5) is 28.0. The van der Waals surface area contributed by atoms with Crippen molar-refractivity contribution in [2.24, 2.45) is 0 Å². The van der Waals surface area contributed by atoms with E-state index in [1.54, 1.807) is 12.3 Å². The summed E-state index contributed by atoms with van der Waals surface area (Å²) >= 11 is 0. The molecule has 2 saturated heterocycles. The van der Waals surface area contributed by atoms with Gasteiger partial charge in [-0.3, -0.25) is 4.90 Å². The molecule has 3 N–H and O–H groups in total. The van der Waals surface area contributed by atoms with Gasteiger partial charge in [0, 0.05) is 55.5 Å². The van der Waals surface area contributed by atoms with Crippen LogP contribution in [0.5, 0.6) is 0 Å². The number of aromatic carboxylic acids is 1. The lowest BCUT2D eigenvalue weighted by Crippen LogP contribution is -2.50. The fourth-order valence-corrected chi connectivity index (χ4v) is 5.75. The molecule has 0 spiro atoms. The molecule has 2 aliphatic heterocycles. The number of aromatic nitrogens is 4. The minimum Gasteiger partial charge on any atom is -0.477 e. The fraction of sp³-hybridized carbons (Fsp3) is 0.500. The summed E-state index contributed by atoms with van der Waals surface area (Å²) in [6, 6.07) is 7.17. The maximum atomic E-state index is 11.8. The van der Waals surface area contributed by atoms with E-state index in [9.17, 15) is 9.90 Å². The van der Waals surface area contributed by atoms with Gasteiger partial charge in [0.2, 0.25) is 5.95 Å². The van der Waals surface area contributed by atoms with Crippen LogP contribution in [0.25, 0.3) is 11.0 Å². The first kappa shape index (κ1) is 20.6. The molecule has 6 rings (SSSR count). The Morgan fingerprint density at radius 1 is 1.09 bits per heavy atom. The normalized spacial score (nSPS) is 23.4. The number of rotatable bonds is 6. The average molecular weight is 448 g/mol. The number of piperazine rings is 1. The van der Waals surface area contributed by atoms with Gasteiger partial charge >= 0.3 is 5.97 Å². The average Bonchev–Trinajstić information content (AvgIpc) is 3.53. The Labute approximate surface area is 192 Å². The number of hydrogen-bond donors (Lipinski definition) is 3. The number of hydrogen-bond acceptors (Lipinski definition) is 7. The Hall–Kier alpha value is -3.04. The topological polar surface area (TPSA) is 108 Å².